The Hall–Kier alpha value is -6.12. The Kier molecular flexibility index (Phi) is 5.95. The summed E-state index contributed by atoms with van der Waals surface area (Å²) in [5.74, 6) is 0. The second-order valence-corrected chi connectivity index (χ2v) is 13.8. The van der Waals surface area contributed by atoms with Gasteiger partial charge in [-0.15, -0.1) is 0 Å². The largest absolute Gasteiger partial charge is 0.455 e. The molecule has 0 bridgehead atoms. The van der Waals surface area contributed by atoms with E-state index in [1.807, 2.05) is 0 Å². The standard InChI is InChI=1S/C47H33NO/c1-47(2)43-19-11-10-18-38(43)39-23-22-36(29-44(39)47)48(35-21-20-30-12-6-7-15-32(30)24-35)37-27-40(31-13-4-3-5-14-31)46-42(28-37)41-25-33-16-8-9-17-34(33)26-45(41)49-46/h3-29H,1-2H3. The minimum absolute atomic E-state index is 0.113. The quantitative estimate of drug-likeness (QED) is 0.193. The molecule has 49 heavy (non-hydrogen) atoms. The molecule has 0 radical (unpaired) electrons. The summed E-state index contributed by atoms with van der Waals surface area (Å²) >= 11 is 0. The Bertz CT molecular complexity index is 2750. The highest BCUT2D eigenvalue weighted by atomic mass is 16.3. The molecule has 0 N–H and O–H groups in total. The molecular weight excluding hydrogens is 595 g/mol. The van der Waals surface area contributed by atoms with Crippen molar-refractivity contribution in [1.82, 2.24) is 0 Å². The molecule has 1 aliphatic carbocycles. The van der Waals surface area contributed by atoms with E-state index in [1.54, 1.807) is 0 Å². The highest BCUT2D eigenvalue weighted by molar-refractivity contribution is 6.15. The molecule has 232 valence electrons. The molecule has 0 aliphatic heterocycles. The molecule has 10 rings (SSSR count). The number of nitrogens with zero attached hydrogens (tertiary/aromatic N) is 1. The van der Waals surface area contributed by atoms with Gasteiger partial charge in [0, 0.05) is 38.8 Å². The van der Waals surface area contributed by atoms with E-state index in [-0.39, 0.29) is 5.41 Å². The molecule has 2 heteroatoms. The number of hydrogen-bond donors (Lipinski definition) is 0. The summed E-state index contributed by atoms with van der Waals surface area (Å²) in [6.07, 6.45) is 0. The van der Waals surface area contributed by atoms with E-state index in [2.05, 4.69) is 183 Å². The maximum atomic E-state index is 6.76. The van der Waals surface area contributed by atoms with Crippen LogP contribution >= 0.6 is 0 Å². The third-order valence-corrected chi connectivity index (χ3v) is 10.6. The Labute approximate surface area is 285 Å². The fraction of sp³-hybridized carbons (Fsp3) is 0.0638. The molecule has 0 fully saturated rings. The van der Waals surface area contributed by atoms with E-state index < -0.39 is 0 Å². The molecule has 0 saturated carbocycles. The minimum atomic E-state index is -0.113. The van der Waals surface area contributed by atoms with Gasteiger partial charge < -0.3 is 9.32 Å². The lowest BCUT2D eigenvalue weighted by molar-refractivity contribution is 0.660. The lowest BCUT2D eigenvalue weighted by Gasteiger charge is -2.29. The monoisotopic (exact) mass is 627 g/mol. The first-order valence-electron chi connectivity index (χ1n) is 17.0. The summed E-state index contributed by atoms with van der Waals surface area (Å²) in [7, 11) is 0. The van der Waals surface area contributed by atoms with Crippen LogP contribution in [0.4, 0.5) is 17.1 Å². The van der Waals surface area contributed by atoms with Crippen molar-refractivity contribution in [2.24, 2.45) is 0 Å². The summed E-state index contributed by atoms with van der Waals surface area (Å²) in [6, 6.07) is 59.5. The number of anilines is 3. The van der Waals surface area contributed by atoms with Crippen molar-refractivity contribution in [3.05, 3.63) is 175 Å². The van der Waals surface area contributed by atoms with Crippen molar-refractivity contribution < 1.29 is 4.42 Å². The van der Waals surface area contributed by atoms with Gasteiger partial charge in [-0.3, -0.25) is 0 Å². The molecule has 2 nitrogen and oxygen atoms in total. The third kappa shape index (κ3) is 4.27. The molecule has 0 amide bonds. The van der Waals surface area contributed by atoms with E-state index in [0.717, 1.165) is 50.1 Å². The van der Waals surface area contributed by atoms with Gasteiger partial charge in [0.2, 0.25) is 0 Å². The number of rotatable bonds is 4. The van der Waals surface area contributed by atoms with Crippen LogP contribution in [0.2, 0.25) is 0 Å². The third-order valence-electron chi connectivity index (χ3n) is 10.6. The van der Waals surface area contributed by atoms with Crippen LogP contribution in [0.3, 0.4) is 0 Å². The van der Waals surface area contributed by atoms with Crippen molar-refractivity contribution in [2.75, 3.05) is 4.90 Å². The van der Waals surface area contributed by atoms with Crippen LogP contribution in [0.1, 0.15) is 25.0 Å². The first-order chi connectivity index (χ1) is 24.0. The lowest BCUT2D eigenvalue weighted by atomic mass is 9.82. The van der Waals surface area contributed by atoms with Gasteiger partial charge in [0.25, 0.3) is 0 Å². The van der Waals surface area contributed by atoms with Crippen molar-refractivity contribution >= 4 is 60.5 Å². The Balaban J connectivity index is 1.27. The first-order valence-corrected chi connectivity index (χ1v) is 17.0. The van der Waals surface area contributed by atoms with E-state index in [1.165, 1.54) is 43.8 Å². The zero-order valence-corrected chi connectivity index (χ0v) is 27.4. The number of hydrogen-bond acceptors (Lipinski definition) is 2. The highest BCUT2D eigenvalue weighted by Crippen LogP contribution is 2.51. The molecule has 0 spiro atoms. The van der Waals surface area contributed by atoms with Gasteiger partial charge in [0.15, 0.2) is 0 Å². The second-order valence-electron chi connectivity index (χ2n) is 13.8. The predicted molar refractivity (Wildman–Crippen MR) is 206 cm³/mol. The first kappa shape index (κ1) is 27.9. The molecule has 0 unspecified atom stereocenters. The van der Waals surface area contributed by atoms with Gasteiger partial charge >= 0.3 is 0 Å². The van der Waals surface area contributed by atoms with Crippen LogP contribution in [-0.2, 0) is 5.41 Å². The summed E-state index contributed by atoms with van der Waals surface area (Å²) in [6.45, 7) is 4.70. The van der Waals surface area contributed by atoms with Gasteiger partial charge in [-0.25, -0.2) is 0 Å². The second kappa shape index (κ2) is 10.4. The van der Waals surface area contributed by atoms with E-state index in [4.69, 9.17) is 4.42 Å². The lowest BCUT2D eigenvalue weighted by Crippen LogP contribution is -2.16. The van der Waals surface area contributed by atoms with Crippen molar-refractivity contribution in [2.45, 2.75) is 19.3 Å². The summed E-state index contributed by atoms with van der Waals surface area (Å²) in [5.41, 5.74) is 12.6. The molecular formula is C47H33NO. The van der Waals surface area contributed by atoms with Gasteiger partial charge in [-0.05, 0) is 97.9 Å². The number of fused-ring (bicyclic) bond motifs is 8. The average Bonchev–Trinajstić information content (AvgIpc) is 3.61. The fourth-order valence-corrected chi connectivity index (χ4v) is 8.10. The van der Waals surface area contributed by atoms with Crippen molar-refractivity contribution in [1.29, 1.82) is 0 Å². The van der Waals surface area contributed by atoms with Crippen molar-refractivity contribution in [3.8, 4) is 22.3 Å². The SMILES string of the molecule is CC1(C)c2ccccc2-c2ccc(N(c3ccc4ccccc4c3)c3cc(-c4ccccc4)c4oc5cc6ccccc6cc5c4c3)cc21. The zero-order chi connectivity index (χ0) is 32.7. The van der Waals surface area contributed by atoms with Gasteiger partial charge in [0.05, 0.1) is 0 Å². The van der Waals surface area contributed by atoms with E-state index in [0.29, 0.717) is 0 Å². The Morgan fingerprint density at radius 2 is 1.06 bits per heavy atom. The van der Waals surface area contributed by atoms with E-state index >= 15 is 0 Å². The van der Waals surface area contributed by atoms with Crippen LogP contribution in [0, 0.1) is 0 Å². The van der Waals surface area contributed by atoms with Gasteiger partial charge in [-0.1, -0.05) is 129 Å². The Morgan fingerprint density at radius 3 is 1.88 bits per heavy atom. The molecule has 1 aromatic heterocycles. The summed E-state index contributed by atoms with van der Waals surface area (Å²) in [4.78, 5) is 2.43. The summed E-state index contributed by atoms with van der Waals surface area (Å²) in [5, 5.41) is 7.05. The molecule has 9 aromatic rings. The Morgan fingerprint density at radius 1 is 0.429 bits per heavy atom. The van der Waals surface area contributed by atoms with E-state index in [9.17, 15) is 0 Å². The molecule has 8 aromatic carbocycles. The van der Waals surface area contributed by atoms with Crippen LogP contribution in [0.15, 0.2) is 168 Å². The fourth-order valence-electron chi connectivity index (χ4n) is 8.10. The highest BCUT2D eigenvalue weighted by Gasteiger charge is 2.35. The van der Waals surface area contributed by atoms with Crippen LogP contribution < -0.4 is 4.90 Å². The summed E-state index contributed by atoms with van der Waals surface area (Å²) < 4.78 is 6.76. The smallest absolute Gasteiger partial charge is 0.143 e. The van der Waals surface area contributed by atoms with Gasteiger partial charge in [0.1, 0.15) is 11.2 Å². The number of furan rings is 1. The molecule has 0 atom stereocenters. The predicted octanol–water partition coefficient (Wildman–Crippen LogP) is 13.3. The van der Waals surface area contributed by atoms with Crippen LogP contribution in [0.25, 0.3) is 65.7 Å². The molecule has 1 heterocycles. The molecule has 1 aliphatic rings. The maximum Gasteiger partial charge on any atom is 0.143 e. The van der Waals surface area contributed by atoms with Crippen molar-refractivity contribution in [3.63, 3.8) is 0 Å². The minimum Gasteiger partial charge on any atom is -0.455 e. The average molecular weight is 628 g/mol. The van der Waals surface area contributed by atoms with Gasteiger partial charge in [-0.2, -0.15) is 0 Å². The van der Waals surface area contributed by atoms with Crippen LogP contribution in [-0.4, -0.2) is 0 Å². The topological polar surface area (TPSA) is 16.4 Å². The molecule has 0 saturated heterocycles. The number of benzene rings is 8. The maximum absolute atomic E-state index is 6.76. The zero-order valence-electron chi connectivity index (χ0n) is 27.4. The normalized spacial score (nSPS) is 13.3. The van der Waals surface area contributed by atoms with Crippen LogP contribution in [0.5, 0.6) is 0 Å².